The summed E-state index contributed by atoms with van der Waals surface area (Å²) in [6, 6.07) is 4.51. The lowest BCUT2D eigenvalue weighted by Gasteiger charge is -2.20. The SMILES string of the molecule is C[C@@](N)(CO)c1cccc(C(=O)O)n1. The van der Waals surface area contributed by atoms with Crippen molar-refractivity contribution in [1.29, 1.82) is 0 Å². The van der Waals surface area contributed by atoms with Gasteiger partial charge in [-0.15, -0.1) is 0 Å². The van der Waals surface area contributed by atoms with Gasteiger partial charge >= 0.3 is 5.97 Å². The number of aliphatic hydroxyl groups is 1. The van der Waals surface area contributed by atoms with E-state index in [4.69, 9.17) is 15.9 Å². The summed E-state index contributed by atoms with van der Waals surface area (Å²) in [5, 5.41) is 17.6. The van der Waals surface area contributed by atoms with Gasteiger partial charge in [-0.2, -0.15) is 0 Å². The third kappa shape index (κ3) is 2.07. The minimum atomic E-state index is -1.11. The molecule has 0 aromatic carbocycles. The van der Waals surface area contributed by atoms with E-state index in [9.17, 15) is 4.79 Å². The second-order valence-corrected chi connectivity index (χ2v) is 3.29. The molecule has 0 bridgehead atoms. The van der Waals surface area contributed by atoms with Crippen molar-refractivity contribution in [3.8, 4) is 0 Å². The van der Waals surface area contributed by atoms with Gasteiger partial charge in [0, 0.05) is 0 Å². The van der Waals surface area contributed by atoms with E-state index in [2.05, 4.69) is 4.98 Å². The predicted octanol–water partition coefficient (Wildman–Crippen LogP) is -0.0540. The molecule has 5 nitrogen and oxygen atoms in total. The summed E-state index contributed by atoms with van der Waals surface area (Å²) >= 11 is 0. The highest BCUT2D eigenvalue weighted by atomic mass is 16.4. The molecule has 0 unspecified atom stereocenters. The maximum absolute atomic E-state index is 10.6. The number of hydrogen-bond donors (Lipinski definition) is 3. The molecule has 0 saturated carbocycles. The first-order valence-corrected chi connectivity index (χ1v) is 4.08. The molecule has 5 heteroatoms. The Morgan fingerprint density at radius 3 is 2.79 bits per heavy atom. The average molecular weight is 196 g/mol. The Labute approximate surface area is 81.2 Å². The van der Waals surface area contributed by atoms with E-state index in [1.165, 1.54) is 6.07 Å². The third-order valence-corrected chi connectivity index (χ3v) is 1.88. The quantitative estimate of drug-likeness (QED) is 0.629. The van der Waals surface area contributed by atoms with E-state index in [1.807, 2.05) is 0 Å². The van der Waals surface area contributed by atoms with Gasteiger partial charge in [-0.25, -0.2) is 9.78 Å². The summed E-state index contributed by atoms with van der Waals surface area (Å²) in [5.41, 5.74) is 4.98. The highest BCUT2D eigenvalue weighted by Crippen LogP contribution is 2.14. The molecule has 1 aromatic rings. The zero-order valence-electron chi connectivity index (χ0n) is 7.77. The van der Waals surface area contributed by atoms with Gasteiger partial charge in [-0.1, -0.05) is 6.07 Å². The van der Waals surface area contributed by atoms with Crippen LogP contribution in [0.3, 0.4) is 0 Å². The van der Waals surface area contributed by atoms with E-state index >= 15 is 0 Å². The Kier molecular flexibility index (Phi) is 2.83. The number of carboxylic acid groups (broad SMARTS) is 1. The molecule has 14 heavy (non-hydrogen) atoms. The van der Waals surface area contributed by atoms with Crippen LogP contribution in [-0.2, 0) is 5.54 Å². The van der Waals surface area contributed by atoms with Crippen LogP contribution in [0.4, 0.5) is 0 Å². The molecule has 0 amide bonds. The van der Waals surface area contributed by atoms with E-state index < -0.39 is 11.5 Å². The van der Waals surface area contributed by atoms with Gasteiger partial charge in [0.15, 0.2) is 0 Å². The molecular weight excluding hydrogens is 184 g/mol. The number of aromatic carboxylic acids is 1. The minimum absolute atomic E-state index is 0.0763. The molecule has 0 saturated heterocycles. The normalized spacial score (nSPS) is 14.8. The zero-order chi connectivity index (χ0) is 10.8. The summed E-state index contributed by atoms with van der Waals surface area (Å²) in [4.78, 5) is 14.4. The summed E-state index contributed by atoms with van der Waals surface area (Å²) in [5.74, 6) is -1.11. The summed E-state index contributed by atoms with van der Waals surface area (Å²) < 4.78 is 0. The van der Waals surface area contributed by atoms with Crippen molar-refractivity contribution in [1.82, 2.24) is 4.98 Å². The maximum atomic E-state index is 10.6. The number of aliphatic hydroxyl groups excluding tert-OH is 1. The Morgan fingerprint density at radius 1 is 1.64 bits per heavy atom. The molecular formula is C9H12N2O3. The van der Waals surface area contributed by atoms with Crippen LogP contribution in [0.15, 0.2) is 18.2 Å². The molecule has 76 valence electrons. The van der Waals surface area contributed by atoms with E-state index in [-0.39, 0.29) is 12.3 Å². The summed E-state index contributed by atoms with van der Waals surface area (Å²) in [6.45, 7) is 1.30. The smallest absolute Gasteiger partial charge is 0.354 e. The van der Waals surface area contributed by atoms with Gasteiger partial charge in [-0.3, -0.25) is 0 Å². The van der Waals surface area contributed by atoms with E-state index in [1.54, 1.807) is 19.1 Å². The molecule has 0 radical (unpaired) electrons. The number of nitrogens with zero attached hydrogens (tertiary/aromatic N) is 1. The van der Waals surface area contributed by atoms with E-state index in [0.717, 1.165) is 0 Å². The monoisotopic (exact) mass is 196 g/mol. The molecule has 4 N–H and O–H groups in total. The topological polar surface area (TPSA) is 96.4 Å². The van der Waals surface area contributed by atoms with Crippen molar-refractivity contribution >= 4 is 5.97 Å². The molecule has 0 aliphatic rings. The Bertz CT molecular complexity index is 350. The van der Waals surface area contributed by atoms with Crippen LogP contribution < -0.4 is 5.73 Å². The van der Waals surface area contributed by atoms with Crippen LogP contribution in [0.1, 0.15) is 23.1 Å². The predicted molar refractivity (Wildman–Crippen MR) is 49.8 cm³/mol. The van der Waals surface area contributed by atoms with Gasteiger partial charge in [0.1, 0.15) is 5.69 Å². The fourth-order valence-electron chi connectivity index (χ4n) is 0.953. The first-order chi connectivity index (χ1) is 6.47. The lowest BCUT2D eigenvalue weighted by Crippen LogP contribution is -2.38. The molecule has 0 fully saturated rings. The minimum Gasteiger partial charge on any atom is -0.477 e. The van der Waals surface area contributed by atoms with Crippen LogP contribution >= 0.6 is 0 Å². The van der Waals surface area contributed by atoms with Crippen LogP contribution in [0, 0.1) is 0 Å². The van der Waals surface area contributed by atoms with E-state index in [0.29, 0.717) is 5.69 Å². The molecule has 0 aliphatic heterocycles. The van der Waals surface area contributed by atoms with Crippen molar-refractivity contribution < 1.29 is 15.0 Å². The number of pyridine rings is 1. The fourth-order valence-corrected chi connectivity index (χ4v) is 0.953. The number of nitrogens with two attached hydrogens (primary N) is 1. The standard InChI is InChI=1S/C9H12N2O3/c1-9(10,5-12)7-4-2-3-6(11-7)8(13)14/h2-4,12H,5,10H2,1H3,(H,13,14)/t9-/m1/s1. The van der Waals surface area contributed by atoms with Gasteiger partial charge in [0.25, 0.3) is 0 Å². The molecule has 0 aliphatic carbocycles. The Hall–Kier alpha value is -1.46. The average Bonchev–Trinajstić information content (AvgIpc) is 2.18. The van der Waals surface area contributed by atoms with Crippen LogP contribution in [0.25, 0.3) is 0 Å². The molecule has 1 rings (SSSR count). The maximum Gasteiger partial charge on any atom is 0.354 e. The highest BCUT2D eigenvalue weighted by molar-refractivity contribution is 5.85. The number of carboxylic acids is 1. The van der Waals surface area contributed by atoms with Gasteiger partial charge in [0.2, 0.25) is 0 Å². The number of carbonyl (C=O) groups is 1. The van der Waals surface area contributed by atoms with Crippen LogP contribution in [-0.4, -0.2) is 27.8 Å². The first kappa shape index (κ1) is 10.6. The van der Waals surface area contributed by atoms with Crippen LogP contribution in [0.2, 0.25) is 0 Å². The fraction of sp³-hybridized carbons (Fsp3) is 0.333. The molecule has 1 atom stereocenters. The second-order valence-electron chi connectivity index (χ2n) is 3.29. The highest BCUT2D eigenvalue weighted by Gasteiger charge is 2.22. The van der Waals surface area contributed by atoms with Crippen molar-refractivity contribution in [2.75, 3.05) is 6.61 Å². The molecule has 1 heterocycles. The van der Waals surface area contributed by atoms with Crippen molar-refractivity contribution in [3.05, 3.63) is 29.6 Å². The zero-order valence-corrected chi connectivity index (χ0v) is 7.77. The number of aromatic nitrogens is 1. The summed E-state index contributed by atoms with van der Waals surface area (Å²) in [6.07, 6.45) is 0. The largest absolute Gasteiger partial charge is 0.477 e. The van der Waals surface area contributed by atoms with Crippen molar-refractivity contribution in [2.24, 2.45) is 5.73 Å². The Balaban J connectivity index is 3.12. The number of hydrogen-bond acceptors (Lipinski definition) is 4. The van der Waals surface area contributed by atoms with Crippen molar-refractivity contribution in [2.45, 2.75) is 12.5 Å². The summed E-state index contributed by atoms with van der Waals surface area (Å²) in [7, 11) is 0. The number of rotatable bonds is 3. The molecule has 0 spiro atoms. The van der Waals surface area contributed by atoms with Gasteiger partial charge in [0.05, 0.1) is 17.8 Å². The second kappa shape index (κ2) is 3.73. The third-order valence-electron chi connectivity index (χ3n) is 1.88. The van der Waals surface area contributed by atoms with Crippen molar-refractivity contribution in [3.63, 3.8) is 0 Å². The first-order valence-electron chi connectivity index (χ1n) is 4.08. The lowest BCUT2D eigenvalue weighted by atomic mass is 10.00. The molecule has 1 aromatic heterocycles. The Morgan fingerprint density at radius 2 is 2.29 bits per heavy atom. The van der Waals surface area contributed by atoms with Gasteiger partial charge < -0.3 is 15.9 Å². The van der Waals surface area contributed by atoms with Crippen LogP contribution in [0.5, 0.6) is 0 Å². The van der Waals surface area contributed by atoms with Gasteiger partial charge in [-0.05, 0) is 19.1 Å². The lowest BCUT2D eigenvalue weighted by molar-refractivity contribution is 0.0689.